The molecule has 2 fully saturated rings. The Morgan fingerprint density at radius 1 is 1.21 bits per heavy atom. The second-order valence-corrected chi connectivity index (χ2v) is 7.15. The van der Waals surface area contributed by atoms with E-state index in [-0.39, 0.29) is 17.9 Å². The third kappa shape index (κ3) is 3.96. The Labute approximate surface area is 143 Å². The third-order valence-corrected chi connectivity index (χ3v) is 5.29. The SMILES string of the molecule is NC1(C(=O)NC2CCN(C(=O)CCc3ccccc3)C2)CCCC1. The monoisotopic (exact) mass is 329 g/mol. The number of likely N-dealkylation sites (tertiary alicyclic amines) is 1. The van der Waals surface area contributed by atoms with Crippen molar-refractivity contribution in [3.63, 3.8) is 0 Å². The molecule has 0 aromatic heterocycles. The highest BCUT2D eigenvalue weighted by molar-refractivity contribution is 5.86. The van der Waals surface area contributed by atoms with Gasteiger partial charge in [0.25, 0.3) is 0 Å². The van der Waals surface area contributed by atoms with E-state index in [1.807, 2.05) is 35.2 Å². The molecule has 3 rings (SSSR count). The fraction of sp³-hybridized carbons (Fsp3) is 0.579. The van der Waals surface area contributed by atoms with Crippen molar-refractivity contribution in [3.05, 3.63) is 35.9 Å². The van der Waals surface area contributed by atoms with Gasteiger partial charge in [-0.3, -0.25) is 9.59 Å². The average molecular weight is 329 g/mol. The molecule has 5 nitrogen and oxygen atoms in total. The van der Waals surface area contributed by atoms with Crippen LogP contribution >= 0.6 is 0 Å². The van der Waals surface area contributed by atoms with Gasteiger partial charge in [-0.2, -0.15) is 0 Å². The molecule has 1 saturated heterocycles. The minimum Gasteiger partial charge on any atom is -0.350 e. The zero-order valence-corrected chi connectivity index (χ0v) is 14.2. The number of nitrogens with two attached hydrogens (primary N) is 1. The molecule has 1 aromatic rings. The van der Waals surface area contributed by atoms with Crippen molar-refractivity contribution in [2.45, 2.75) is 56.5 Å². The van der Waals surface area contributed by atoms with E-state index in [2.05, 4.69) is 5.32 Å². The minimum absolute atomic E-state index is 0.0383. The normalized spacial score (nSPS) is 22.5. The standard InChI is InChI=1S/C19H27N3O2/c20-19(11-4-5-12-19)18(24)21-16-10-13-22(14-16)17(23)9-8-15-6-2-1-3-7-15/h1-3,6-7,16H,4-5,8-14,20H2,(H,21,24). The minimum atomic E-state index is -0.690. The van der Waals surface area contributed by atoms with Crippen molar-refractivity contribution in [2.24, 2.45) is 5.73 Å². The van der Waals surface area contributed by atoms with Gasteiger partial charge in [0.1, 0.15) is 0 Å². The lowest BCUT2D eigenvalue weighted by Gasteiger charge is -2.25. The molecule has 1 saturated carbocycles. The Balaban J connectivity index is 1.44. The van der Waals surface area contributed by atoms with Crippen molar-refractivity contribution >= 4 is 11.8 Å². The van der Waals surface area contributed by atoms with E-state index >= 15 is 0 Å². The lowest BCUT2D eigenvalue weighted by molar-refractivity contribution is -0.131. The number of rotatable bonds is 5. The van der Waals surface area contributed by atoms with Crippen LogP contribution in [-0.4, -0.2) is 41.4 Å². The van der Waals surface area contributed by atoms with Crippen molar-refractivity contribution in [2.75, 3.05) is 13.1 Å². The van der Waals surface area contributed by atoms with Crippen LogP contribution in [0.1, 0.15) is 44.1 Å². The van der Waals surface area contributed by atoms with Crippen molar-refractivity contribution in [3.8, 4) is 0 Å². The summed E-state index contributed by atoms with van der Waals surface area (Å²) in [5.74, 6) is 0.127. The van der Waals surface area contributed by atoms with Gasteiger partial charge in [0, 0.05) is 25.6 Å². The smallest absolute Gasteiger partial charge is 0.240 e. The van der Waals surface area contributed by atoms with Gasteiger partial charge in [0.2, 0.25) is 11.8 Å². The maximum atomic E-state index is 12.4. The van der Waals surface area contributed by atoms with Crippen molar-refractivity contribution < 1.29 is 9.59 Å². The Bertz CT molecular complexity index is 582. The van der Waals surface area contributed by atoms with Crippen LogP contribution in [0.25, 0.3) is 0 Å². The molecule has 0 radical (unpaired) electrons. The molecule has 0 spiro atoms. The summed E-state index contributed by atoms with van der Waals surface area (Å²) in [5, 5.41) is 3.06. The maximum absolute atomic E-state index is 12.4. The van der Waals surface area contributed by atoms with Gasteiger partial charge >= 0.3 is 0 Å². The molecular formula is C19H27N3O2. The van der Waals surface area contributed by atoms with Crippen LogP contribution in [0.3, 0.4) is 0 Å². The first-order valence-corrected chi connectivity index (χ1v) is 8.98. The molecule has 3 N–H and O–H groups in total. The largest absolute Gasteiger partial charge is 0.350 e. The Morgan fingerprint density at radius 2 is 1.92 bits per heavy atom. The fourth-order valence-electron chi connectivity index (χ4n) is 3.72. The molecule has 2 amide bonds. The summed E-state index contributed by atoms with van der Waals surface area (Å²) >= 11 is 0. The number of carbonyl (C=O) groups is 2. The molecule has 0 bridgehead atoms. The molecule has 1 atom stereocenters. The summed E-state index contributed by atoms with van der Waals surface area (Å²) in [6.07, 6.45) is 5.69. The summed E-state index contributed by atoms with van der Waals surface area (Å²) in [5.41, 5.74) is 6.69. The highest BCUT2D eigenvalue weighted by Gasteiger charge is 2.39. The third-order valence-electron chi connectivity index (χ3n) is 5.29. The zero-order chi connectivity index (χ0) is 17.0. The molecular weight excluding hydrogens is 302 g/mol. The van der Waals surface area contributed by atoms with E-state index in [1.54, 1.807) is 0 Å². The molecule has 1 heterocycles. The van der Waals surface area contributed by atoms with Crippen molar-refractivity contribution in [1.29, 1.82) is 0 Å². The maximum Gasteiger partial charge on any atom is 0.240 e. The zero-order valence-electron chi connectivity index (χ0n) is 14.2. The molecule has 1 aliphatic heterocycles. The Hall–Kier alpha value is -1.88. The first kappa shape index (κ1) is 17.0. The number of hydrogen-bond acceptors (Lipinski definition) is 3. The van der Waals surface area contributed by atoms with E-state index < -0.39 is 5.54 Å². The number of aryl methyl sites for hydroxylation is 1. The summed E-state index contributed by atoms with van der Waals surface area (Å²) < 4.78 is 0. The molecule has 2 aliphatic rings. The quantitative estimate of drug-likeness (QED) is 0.862. The summed E-state index contributed by atoms with van der Waals surface area (Å²) in [6.45, 7) is 1.32. The lowest BCUT2D eigenvalue weighted by Crippen LogP contribution is -2.55. The van der Waals surface area contributed by atoms with E-state index in [0.29, 0.717) is 13.0 Å². The second-order valence-electron chi connectivity index (χ2n) is 7.15. The van der Waals surface area contributed by atoms with Crippen LogP contribution in [0.4, 0.5) is 0 Å². The molecule has 5 heteroatoms. The molecule has 1 aromatic carbocycles. The fourth-order valence-corrected chi connectivity index (χ4v) is 3.72. The number of nitrogens with zero attached hydrogens (tertiary/aromatic N) is 1. The van der Waals surface area contributed by atoms with Crippen molar-refractivity contribution in [1.82, 2.24) is 10.2 Å². The van der Waals surface area contributed by atoms with Crippen LogP contribution in [0, 0.1) is 0 Å². The van der Waals surface area contributed by atoms with Crippen LogP contribution in [0.15, 0.2) is 30.3 Å². The summed E-state index contributed by atoms with van der Waals surface area (Å²) in [6, 6.07) is 10.1. The molecule has 1 aliphatic carbocycles. The molecule has 24 heavy (non-hydrogen) atoms. The van der Waals surface area contributed by atoms with E-state index in [4.69, 9.17) is 5.73 Å². The van der Waals surface area contributed by atoms with Crippen LogP contribution < -0.4 is 11.1 Å². The van der Waals surface area contributed by atoms with Crippen LogP contribution in [0.5, 0.6) is 0 Å². The van der Waals surface area contributed by atoms with E-state index in [1.165, 1.54) is 5.56 Å². The topological polar surface area (TPSA) is 75.4 Å². The number of amides is 2. The highest BCUT2D eigenvalue weighted by Crippen LogP contribution is 2.27. The first-order valence-electron chi connectivity index (χ1n) is 8.98. The summed E-state index contributed by atoms with van der Waals surface area (Å²) in [4.78, 5) is 26.6. The van der Waals surface area contributed by atoms with Gasteiger partial charge in [-0.25, -0.2) is 0 Å². The van der Waals surface area contributed by atoms with Crippen LogP contribution in [-0.2, 0) is 16.0 Å². The summed E-state index contributed by atoms with van der Waals surface area (Å²) in [7, 11) is 0. The number of carbonyl (C=O) groups excluding carboxylic acids is 2. The Morgan fingerprint density at radius 3 is 2.62 bits per heavy atom. The van der Waals surface area contributed by atoms with Gasteiger partial charge in [0.15, 0.2) is 0 Å². The number of benzene rings is 1. The van der Waals surface area contributed by atoms with E-state index in [9.17, 15) is 9.59 Å². The van der Waals surface area contributed by atoms with Gasteiger partial charge in [-0.05, 0) is 31.2 Å². The molecule has 1 unspecified atom stereocenters. The van der Waals surface area contributed by atoms with Gasteiger partial charge in [-0.15, -0.1) is 0 Å². The van der Waals surface area contributed by atoms with Gasteiger partial charge < -0.3 is 16.0 Å². The second kappa shape index (κ2) is 7.34. The van der Waals surface area contributed by atoms with Gasteiger partial charge in [0.05, 0.1) is 5.54 Å². The molecule has 130 valence electrons. The van der Waals surface area contributed by atoms with E-state index in [0.717, 1.165) is 45.1 Å². The van der Waals surface area contributed by atoms with Gasteiger partial charge in [-0.1, -0.05) is 43.2 Å². The number of hydrogen-bond donors (Lipinski definition) is 2. The highest BCUT2D eigenvalue weighted by atomic mass is 16.2. The first-order chi connectivity index (χ1) is 11.6. The predicted octanol–water partition coefficient (Wildman–Crippen LogP) is 1.61. The number of nitrogens with one attached hydrogen (secondary N) is 1. The van der Waals surface area contributed by atoms with Crippen LogP contribution in [0.2, 0.25) is 0 Å². The lowest BCUT2D eigenvalue weighted by atomic mass is 9.97. The Kier molecular flexibility index (Phi) is 5.19. The predicted molar refractivity (Wildman–Crippen MR) is 93.3 cm³/mol. The average Bonchev–Trinajstić information content (AvgIpc) is 3.24.